The van der Waals surface area contributed by atoms with Gasteiger partial charge in [-0.05, 0) is 12.3 Å². The molecule has 0 aromatic rings. The Bertz CT molecular complexity index is 495. The summed E-state index contributed by atoms with van der Waals surface area (Å²) in [7, 11) is -6.39. The number of ether oxygens (including phenoxy) is 1. The molecule has 0 saturated heterocycles. The van der Waals surface area contributed by atoms with Crippen LogP contribution in [0.3, 0.4) is 0 Å². The summed E-state index contributed by atoms with van der Waals surface area (Å²) < 4.78 is 96.5. The monoisotopic (exact) mass is 354 g/mol. The molecule has 1 aliphatic carbocycles. The minimum Gasteiger partial charge on any atom is -0.445 e. The van der Waals surface area contributed by atoms with E-state index in [1.165, 1.54) is 0 Å². The highest BCUT2D eigenvalue weighted by molar-refractivity contribution is 7.86. The standard InChI is InChI=1S/C11H15F5O5S/c12-10(13,14)9(11(15,16)22(18,19)20)21-8(17)6-5-7-3-1-2-4-7/h7,9H,1-6H2,(H,18,19,20). The molecule has 130 valence electrons. The lowest BCUT2D eigenvalue weighted by atomic mass is 10.0. The van der Waals surface area contributed by atoms with E-state index >= 15 is 0 Å². The van der Waals surface area contributed by atoms with Crippen molar-refractivity contribution in [1.82, 2.24) is 0 Å². The first-order valence-electron chi connectivity index (χ1n) is 6.46. The summed E-state index contributed by atoms with van der Waals surface area (Å²) in [6.45, 7) is 0. The van der Waals surface area contributed by atoms with Gasteiger partial charge in [-0.15, -0.1) is 0 Å². The largest absolute Gasteiger partial charge is 0.445 e. The molecule has 1 atom stereocenters. The van der Waals surface area contributed by atoms with Crippen LogP contribution in [0.25, 0.3) is 0 Å². The fourth-order valence-corrected chi connectivity index (χ4v) is 2.72. The van der Waals surface area contributed by atoms with Crippen LogP contribution < -0.4 is 0 Å². The van der Waals surface area contributed by atoms with Gasteiger partial charge in [0, 0.05) is 6.42 Å². The van der Waals surface area contributed by atoms with E-state index in [0.717, 1.165) is 25.7 Å². The molecule has 0 bridgehead atoms. The van der Waals surface area contributed by atoms with Gasteiger partial charge in [0.25, 0.3) is 6.10 Å². The molecule has 11 heteroatoms. The molecule has 1 aliphatic rings. The van der Waals surface area contributed by atoms with Crippen LogP contribution in [-0.2, 0) is 19.6 Å². The second-order valence-corrected chi connectivity index (χ2v) is 6.63. The van der Waals surface area contributed by atoms with Crippen LogP contribution in [0.15, 0.2) is 0 Å². The number of esters is 1. The van der Waals surface area contributed by atoms with Crippen molar-refractivity contribution in [3.05, 3.63) is 0 Å². The van der Waals surface area contributed by atoms with Crippen molar-refractivity contribution < 1.29 is 44.5 Å². The SMILES string of the molecule is O=C(CCC1CCCC1)OC(C(F)(F)F)C(F)(F)S(=O)(=O)O. The highest BCUT2D eigenvalue weighted by Gasteiger charge is 2.65. The van der Waals surface area contributed by atoms with E-state index in [1.807, 2.05) is 0 Å². The topological polar surface area (TPSA) is 80.7 Å². The molecule has 0 heterocycles. The van der Waals surface area contributed by atoms with Crippen LogP contribution in [0.1, 0.15) is 38.5 Å². The first kappa shape index (κ1) is 19.1. The molecule has 1 N–H and O–H groups in total. The average Bonchev–Trinajstić information content (AvgIpc) is 2.83. The summed E-state index contributed by atoms with van der Waals surface area (Å²) in [6.07, 6.45) is -7.01. The molecule has 1 saturated carbocycles. The van der Waals surface area contributed by atoms with Crippen LogP contribution in [0, 0.1) is 5.92 Å². The summed E-state index contributed by atoms with van der Waals surface area (Å²) in [5.41, 5.74) is 0. The highest BCUT2D eigenvalue weighted by Crippen LogP contribution is 2.38. The quantitative estimate of drug-likeness (QED) is 0.451. The number of carbonyl (C=O) groups excluding carboxylic acids is 1. The van der Waals surface area contributed by atoms with Crippen molar-refractivity contribution in [3.63, 3.8) is 0 Å². The third-order valence-electron chi connectivity index (χ3n) is 3.43. The third-order valence-corrected chi connectivity index (χ3v) is 4.33. The van der Waals surface area contributed by atoms with E-state index in [4.69, 9.17) is 4.55 Å². The molecule has 1 unspecified atom stereocenters. The summed E-state index contributed by atoms with van der Waals surface area (Å²) in [5.74, 6) is -1.48. The van der Waals surface area contributed by atoms with Crippen LogP contribution >= 0.6 is 0 Å². The van der Waals surface area contributed by atoms with E-state index < -0.39 is 40.0 Å². The Morgan fingerprint density at radius 1 is 1.18 bits per heavy atom. The molecule has 0 aromatic carbocycles. The van der Waals surface area contributed by atoms with Gasteiger partial charge in [-0.1, -0.05) is 25.7 Å². The molecule has 0 spiro atoms. The zero-order valence-electron chi connectivity index (χ0n) is 11.3. The van der Waals surface area contributed by atoms with Crippen LogP contribution in [0.5, 0.6) is 0 Å². The van der Waals surface area contributed by atoms with Crippen LogP contribution in [0.4, 0.5) is 22.0 Å². The first-order valence-corrected chi connectivity index (χ1v) is 7.90. The molecule has 1 fully saturated rings. The van der Waals surface area contributed by atoms with Gasteiger partial charge in [-0.3, -0.25) is 9.35 Å². The summed E-state index contributed by atoms with van der Waals surface area (Å²) in [6, 6.07) is 0. The van der Waals surface area contributed by atoms with Crippen LogP contribution in [0.2, 0.25) is 0 Å². The van der Waals surface area contributed by atoms with Crippen molar-refractivity contribution in [2.75, 3.05) is 0 Å². The normalized spacial score (nSPS) is 19.2. The Labute approximate surface area is 123 Å². The molecule has 5 nitrogen and oxygen atoms in total. The van der Waals surface area contributed by atoms with E-state index in [0.29, 0.717) is 0 Å². The maximum atomic E-state index is 13.2. The molecular formula is C11H15F5O5S. The molecule has 1 rings (SSSR count). The second-order valence-electron chi connectivity index (χ2n) is 5.14. The van der Waals surface area contributed by atoms with Crippen molar-refractivity contribution in [2.45, 2.75) is 56.1 Å². The summed E-state index contributed by atoms with van der Waals surface area (Å²) in [4.78, 5) is 11.3. The maximum absolute atomic E-state index is 13.2. The van der Waals surface area contributed by atoms with Gasteiger partial charge < -0.3 is 4.74 Å². The maximum Gasteiger partial charge on any atom is 0.432 e. The van der Waals surface area contributed by atoms with Gasteiger partial charge in [0.15, 0.2) is 0 Å². The van der Waals surface area contributed by atoms with Crippen molar-refractivity contribution in [3.8, 4) is 0 Å². The van der Waals surface area contributed by atoms with Crippen LogP contribution in [-0.4, -0.2) is 36.5 Å². The van der Waals surface area contributed by atoms with E-state index in [1.54, 1.807) is 0 Å². The molecular weight excluding hydrogens is 339 g/mol. The van der Waals surface area contributed by atoms with Crippen molar-refractivity contribution in [2.24, 2.45) is 5.92 Å². The number of carbonyl (C=O) groups is 1. The fraction of sp³-hybridized carbons (Fsp3) is 0.909. The first-order chi connectivity index (χ1) is 9.85. The van der Waals surface area contributed by atoms with Gasteiger partial charge in [0.1, 0.15) is 0 Å². The Morgan fingerprint density at radius 3 is 2.09 bits per heavy atom. The summed E-state index contributed by atoms with van der Waals surface area (Å²) in [5, 5.41) is -5.67. The Hall–Kier alpha value is -0.970. The molecule has 0 radical (unpaired) electrons. The Morgan fingerprint density at radius 2 is 1.68 bits per heavy atom. The van der Waals surface area contributed by atoms with Crippen molar-refractivity contribution >= 4 is 16.1 Å². The smallest absolute Gasteiger partial charge is 0.432 e. The Kier molecular flexibility index (Phi) is 5.77. The van der Waals surface area contributed by atoms with E-state index in [9.17, 15) is 35.2 Å². The zero-order valence-corrected chi connectivity index (χ0v) is 12.1. The number of alkyl halides is 5. The predicted molar refractivity (Wildman–Crippen MR) is 63.6 cm³/mol. The molecule has 0 aromatic heterocycles. The number of hydrogen-bond donors (Lipinski definition) is 1. The highest BCUT2D eigenvalue weighted by atomic mass is 32.2. The summed E-state index contributed by atoms with van der Waals surface area (Å²) >= 11 is 0. The number of rotatable bonds is 6. The number of hydrogen-bond acceptors (Lipinski definition) is 4. The van der Waals surface area contributed by atoms with Crippen molar-refractivity contribution in [1.29, 1.82) is 0 Å². The molecule has 22 heavy (non-hydrogen) atoms. The molecule has 0 amide bonds. The third kappa shape index (κ3) is 4.77. The lowest BCUT2D eigenvalue weighted by Gasteiger charge is -2.26. The van der Waals surface area contributed by atoms with Gasteiger partial charge >= 0.3 is 27.5 Å². The minimum atomic E-state index is -6.39. The number of halogens is 5. The van der Waals surface area contributed by atoms with E-state index in [-0.39, 0.29) is 12.3 Å². The fourth-order valence-electron chi connectivity index (χ4n) is 2.27. The second kappa shape index (κ2) is 6.65. The zero-order chi connectivity index (χ0) is 17.2. The van der Waals surface area contributed by atoms with Gasteiger partial charge in [0.05, 0.1) is 0 Å². The Balaban J connectivity index is 2.75. The average molecular weight is 354 g/mol. The van der Waals surface area contributed by atoms with Gasteiger partial charge in [-0.2, -0.15) is 30.4 Å². The molecule has 0 aliphatic heterocycles. The lowest BCUT2D eigenvalue weighted by Crippen LogP contribution is -2.52. The van der Waals surface area contributed by atoms with E-state index in [2.05, 4.69) is 4.74 Å². The van der Waals surface area contributed by atoms with Gasteiger partial charge in [-0.25, -0.2) is 0 Å². The lowest BCUT2D eigenvalue weighted by molar-refractivity contribution is -0.259. The predicted octanol–water partition coefficient (Wildman–Crippen LogP) is 2.91. The minimum absolute atomic E-state index is 0.110. The van der Waals surface area contributed by atoms with Gasteiger partial charge in [0.2, 0.25) is 0 Å².